The van der Waals surface area contributed by atoms with Gasteiger partial charge in [0.05, 0.1) is 29.3 Å². The van der Waals surface area contributed by atoms with E-state index < -0.39 is 0 Å². The molecule has 0 spiro atoms. The van der Waals surface area contributed by atoms with Gasteiger partial charge in [0.2, 0.25) is 0 Å². The van der Waals surface area contributed by atoms with Crippen LogP contribution in [-0.4, -0.2) is 25.5 Å². The summed E-state index contributed by atoms with van der Waals surface area (Å²) in [6.45, 7) is 4.00. The number of hydrogen-bond donors (Lipinski definition) is 1. The van der Waals surface area contributed by atoms with Crippen LogP contribution < -0.4 is 5.32 Å². The van der Waals surface area contributed by atoms with Crippen LogP contribution in [0.15, 0.2) is 73.3 Å². The van der Waals surface area contributed by atoms with E-state index in [2.05, 4.69) is 20.4 Å². The number of nitrogens with zero attached hydrogens (tertiary/aromatic N) is 4. The third-order valence-electron chi connectivity index (χ3n) is 3.59. The molecule has 4 rings (SSSR count). The molecule has 0 bridgehead atoms. The molecule has 6 nitrogen and oxygen atoms in total. The molecule has 0 unspecified atom stereocenters. The van der Waals surface area contributed by atoms with Gasteiger partial charge in [0.15, 0.2) is 5.65 Å². The number of fused-ring (bicyclic) bond motifs is 1. The molecule has 4 aromatic rings. The lowest BCUT2D eigenvalue weighted by Crippen LogP contribution is -2.14. The van der Waals surface area contributed by atoms with Gasteiger partial charge in [-0.25, -0.2) is 9.50 Å². The van der Waals surface area contributed by atoms with E-state index in [4.69, 9.17) is 0 Å². The summed E-state index contributed by atoms with van der Waals surface area (Å²) in [4.78, 5) is 21.1. The van der Waals surface area contributed by atoms with Gasteiger partial charge in [0.1, 0.15) is 0 Å². The van der Waals surface area contributed by atoms with Crippen molar-refractivity contribution in [2.75, 3.05) is 5.32 Å². The van der Waals surface area contributed by atoms with Crippen LogP contribution in [0.2, 0.25) is 0 Å². The van der Waals surface area contributed by atoms with Crippen LogP contribution in [-0.2, 0) is 0 Å². The highest BCUT2D eigenvalue weighted by atomic mass is 16.1. The summed E-state index contributed by atoms with van der Waals surface area (Å²) in [5.41, 5.74) is 3.34. The normalized spacial score (nSPS) is 10.1. The monoisotopic (exact) mass is 345 g/mol. The molecule has 0 aliphatic rings. The number of benzene rings is 1. The van der Waals surface area contributed by atoms with E-state index in [1.54, 1.807) is 41.3 Å². The predicted molar refractivity (Wildman–Crippen MR) is 102 cm³/mol. The van der Waals surface area contributed by atoms with Crippen molar-refractivity contribution in [3.8, 4) is 11.3 Å². The summed E-state index contributed by atoms with van der Waals surface area (Å²) in [6.07, 6.45) is 6.64. The van der Waals surface area contributed by atoms with Gasteiger partial charge in [0.25, 0.3) is 5.91 Å². The minimum Gasteiger partial charge on any atom is -0.320 e. The van der Waals surface area contributed by atoms with Gasteiger partial charge in [0, 0.05) is 18.0 Å². The summed E-state index contributed by atoms with van der Waals surface area (Å²) in [5.74, 6) is -0.249. The smallest absolute Gasteiger partial charge is 0.259 e. The zero-order chi connectivity index (χ0) is 18.4. The van der Waals surface area contributed by atoms with Crippen LogP contribution in [0.5, 0.6) is 0 Å². The fraction of sp³-hybridized carbons (Fsp3) is 0.100. The first kappa shape index (κ1) is 17.3. The SMILES string of the molecule is CC.O=C(Nc1cccnc1)c1ccnn2cc(-c3ccccc3)nc12. The molecule has 3 aromatic heterocycles. The van der Waals surface area contributed by atoms with Crippen LogP contribution in [0, 0.1) is 0 Å². The Hall–Kier alpha value is -3.54. The Kier molecular flexibility index (Phi) is 5.34. The predicted octanol–water partition coefficient (Wildman–Crippen LogP) is 4.07. The van der Waals surface area contributed by atoms with Gasteiger partial charge in [-0.1, -0.05) is 44.2 Å². The highest BCUT2D eigenvalue weighted by Gasteiger charge is 2.14. The molecule has 26 heavy (non-hydrogen) atoms. The fourth-order valence-corrected chi connectivity index (χ4v) is 2.46. The summed E-state index contributed by atoms with van der Waals surface area (Å²) >= 11 is 0. The Morgan fingerprint density at radius 1 is 1.00 bits per heavy atom. The maximum absolute atomic E-state index is 12.6. The summed E-state index contributed by atoms with van der Waals surface area (Å²) in [7, 11) is 0. The van der Waals surface area contributed by atoms with Gasteiger partial charge in [-0.15, -0.1) is 0 Å². The number of carbonyl (C=O) groups excluding carboxylic acids is 1. The molecule has 0 atom stereocenters. The molecular formula is C20H19N5O. The first-order chi connectivity index (χ1) is 12.8. The van der Waals surface area contributed by atoms with Crippen molar-refractivity contribution < 1.29 is 4.79 Å². The van der Waals surface area contributed by atoms with Crippen molar-refractivity contribution in [2.45, 2.75) is 13.8 Å². The first-order valence-corrected chi connectivity index (χ1v) is 8.42. The Labute approximate surface area is 151 Å². The molecule has 1 N–H and O–H groups in total. The van der Waals surface area contributed by atoms with Crippen LogP contribution in [0.1, 0.15) is 24.2 Å². The highest BCUT2D eigenvalue weighted by molar-refractivity contribution is 6.08. The Morgan fingerprint density at radius 2 is 1.81 bits per heavy atom. The topological polar surface area (TPSA) is 72.2 Å². The number of rotatable bonds is 3. The van der Waals surface area contributed by atoms with E-state index in [-0.39, 0.29) is 5.91 Å². The molecule has 3 heterocycles. The van der Waals surface area contributed by atoms with E-state index in [1.165, 1.54) is 0 Å². The lowest BCUT2D eigenvalue weighted by Gasteiger charge is -2.05. The number of pyridine rings is 1. The van der Waals surface area contributed by atoms with Gasteiger partial charge in [-0.3, -0.25) is 9.78 Å². The molecule has 130 valence electrons. The Bertz CT molecular complexity index is 997. The van der Waals surface area contributed by atoms with Gasteiger partial charge in [-0.2, -0.15) is 5.10 Å². The van der Waals surface area contributed by atoms with Crippen molar-refractivity contribution in [3.63, 3.8) is 0 Å². The molecule has 0 fully saturated rings. The van der Waals surface area contributed by atoms with Crippen molar-refractivity contribution in [2.24, 2.45) is 0 Å². The molecule has 0 saturated heterocycles. The fourth-order valence-electron chi connectivity index (χ4n) is 2.46. The van der Waals surface area contributed by atoms with Crippen LogP contribution in [0.25, 0.3) is 16.9 Å². The Balaban J connectivity index is 0.000000948. The number of aromatic nitrogens is 4. The van der Waals surface area contributed by atoms with E-state index in [0.717, 1.165) is 11.3 Å². The van der Waals surface area contributed by atoms with Crippen molar-refractivity contribution >= 4 is 17.2 Å². The van der Waals surface area contributed by atoms with Gasteiger partial charge < -0.3 is 5.32 Å². The number of imidazole rings is 1. The van der Waals surface area contributed by atoms with E-state index >= 15 is 0 Å². The standard InChI is InChI=1S/C18H13N5O.C2H6/c24-18(21-14-7-4-9-19-11-14)15-8-10-20-23-12-16(22-17(15)23)13-5-2-1-3-6-13;1-2/h1-12H,(H,21,24);1-2H3. The molecule has 0 aliphatic carbocycles. The lowest BCUT2D eigenvalue weighted by molar-refractivity contribution is 0.102. The van der Waals surface area contributed by atoms with Crippen LogP contribution in [0.4, 0.5) is 5.69 Å². The highest BCUT2D eigenvalue weighted by Crippen LogP contribution is 2.20. The molecule has 6 heteroatoms. The summed E-state index contributed by atoms with van der Waals surface area (Å²) in [6, 6.07) is 15.0. The van der Waals surface area contributed by atoms with Crippen LogP contribution in [0.3, 0.4) is 0 Å². The number of anilines is 1. The van der Waals surface area contributed by atoms with E-state index in [9.17, 15) is 4.79 Å². The second-order valence-electron chi connectivity index (χ2n) is 5.20. The number of amides is 1. The number of hydrogen-bond acceptors (Lipinski definition) is 4. The van der Waals surface area contributed by atoms with Crippen molar-refractivity contribution in [3.05, 3.63) is 78.9 Å². The summed E-state index contributed by atoms with van der Waals surface area (Å²) < 4.78 is 1.61. The molecule has 0 aliphatic heterocycles. The zero-order valence-electron chi connectivity index (χ0n) is 14.6. The molecule has 0 saturated carbocycles. The van der Waals surface area contributed by atoms with E-state index in [0.29, 0.717) is 16.9 Å². The molecule has 0 radical (unpaired) electrons. The van der Waals surface area contributed by atoms with Crippen molar-refractivity contribution in [1.82, 2.24) is 19.6 Å². The molecule has 1 aromatic carbocycles. The maximum atomic E-state index is 12.6. The average molecular weight is 345 g/mol. The third-order valence-corrected chi connectivity index (χ3v) is 3.59. The molecular weight excluding hydrogens is 326 g/mol. The van der Waals surface area contributed by atoms with Gasteiger partial charge in [-0.05, 0) is 18.2 Å². The summed E-state index contributed by atoms with van der Waals surface area (Å²) in [5, 5.41) is 7.06. The minimum atomic E-state index is -0.249. The Morgan fingerprint density at radius 3 is 2.54 bits per heavy atom. The van der Waals surface area contributed by atoms with Crippen LogP contribution >= 0.6 is 0 Å². The number of carbonyl (C=O) groups is 1. The second kappa shape index (κ2) is 8.02. The third kappa shape index (κ3) is 3.59. The van der Waals surface area contributed by atoms with Crippen molar-refractivity contribution in [1.29, 1.82) is 0 Å². The zero-order valence-corrected chi connectivity index (χ0v) is 14.6. The maximum Gasteiger partial charge on any atom is 0.259 e. The largest absolute Gasteiger partial charge is 0.320 e. The lowest BCUT2D eigenvalue weighted by atomic mass is 10.2. The minimum absolute atomic E-state index is 0.249. The first-order valence-electron chi connectivity index (χ1n) is 8.42. The average Bonchev–Trinajstić information content (AvgIpc) is 3.15. The van der Waals surface area contributed by atoms with Gasteiger partial charge >= 0.3 is 0 Å². The second-order valence-corrected chi connectivity index (χ2v) is 5.20. The van der Waals surface area contributed by atoms with E-state index in [1.807, 2.05) is 50.4 Å². The number of nitrogens with one attached hydrogen (secondary N) is 1. The molecule has 1 amide bonds. The quantitative estimate of drug-likeness (QED) is 0.607.